The molecule has 3 rings (SSSR count). The summed E-state index contributed by atoms with van der Waals surface area (Å²) in [6.07, 6.45) is 5.46. The Hall–Kier alpha value is -2.25. The van der Waals surface area contributed by atoms with Crippen molar-refractivity contribution < 1.29 is 0 Å². The van der Waals surface area contributed by atoms with Gasteiger partial charge < -0.3 is 5.32 Å². The zero-order chi connectivity index (χ0) is 16.1. The first-order chi connectivity index (χ1) is 11.3. The van der Waals surface area contributed by atoms with Gasteiger partial charge in [0.15, 0.2) is 5.17 Å². The second kappa shape index (κ2) is 7.34. The zero-order valence-corrected chi connectivity index (χ0v) is 13.9. The Morgan fingerprint density at radius 3 is 2.74 bits per heavy atom. The lowest BCUT2D eigenvalue weighted by atomic mass is 9.88. The molecule has 1 atom stereocenters. The maximum atomic E-state index is 8.87. The van der Waals surface area contributed by atoms with Crippen molar-refractivity contribution in [1.82, 2.24) is 0 Å². The molecular formula is C19H19N3S. The van der Waals surface area contributed by atoms with Gasteiger partial charge in [-0.3, -0.25) is 4.99 Å². The molecule has 0 bridgehead atoms. The van der Waals surface area contributed by atoms with E-state index in [0.29, 0.717) is 5.56 Å². The number of fused-ring (bicyclic) bond motifs is 1. The quantitative estimate of drug-likeness (QED) is 0.640. The zero-order valence-electron chi connectivity index (χ0n) is 13.1. The second-order valence-electron chi connectivity index (χ2n) is 5.56. The molecule has 0 radical (unpaired) electrons. The summed E-state index contributed by atoms with van der Waals surface area (Å²) < 4.78 is 0. The monoisotopic (exact) mass is 321 g/mol. The van der Waals surface area contributed by atoms with E-state index >= 15 is 0 Å². The van der Waals surface area contributed by atoms with Crippen molar-refractivity contribution in [2.45, 2.75) is 25.3 Å². The number of nitriles is 1. The van der Waals surface area contributed by atoms with Gasteiger partial charge in [0, 0.05) is 5.69 Å². The van der Waals surface area contributed by atoms with E-state index in [-0.39, 0.29) is 6.04 Å². The number of hydrogen-bond acceptors (Lipinski definition) is 3. The van der Waals surface area contributed by atoms with Crippen molar-refractivity contribution in [2.24, 2.45) is 4.99 Å². The standard InChI is InChI=1S/C19H19N3S/c1-23-19(21-16-11-9-14(13-20)10-12-16)22-18-8-4-6-15-5-2-3-7-17(15)18/h2-3,5,7,9-12,18H,4,6,8H2,1H3,(H,21,22). The predicted octanol–water partition coefficient (Wildman–Crippen LogP) is 4.77. The fourth-order valence-corrected chi connectivity index (χ4v) is 3.34. The molecule has 0 aromatic heterocycles. The molecule has 2 aromatic carbocycles. The number of aliphatic imine (C=N–C) groups is 1. The summed E-state index contributed by atoms with van der Waals surface area (Å²) in [6, 6.07) is 18.4. The van der Waals surface area contributed by atoms with Gasteiger partial charge in [0.2, 0.25) is 0 Å². The summed E-state index contributed by atoms with van der Waals surface area (Å²) in [6.45, 7) is 0. The van der Waals surface area contributed by atoms with Crippen LogP contribution in [0.1, 0.15) is 35.6 Å². The second-order valence-corrected chi connectivity index (χ2v) is 6.35. The number of benzene rings is 2. The van der Waals surface area contributed by atoms with Gasteiger partial charge in [-0.2, -0.15) is 5.26 Å². The highest BCUT2D eigenvalue weighted by atomic mass is 32.2. The molecule has 2 aromatic rings. The highest BCUT2D eigenvalue weighted by Crippen LogP contribution is 2.33. The topological polar surface area (TPSA) is 48.2 Å². The SMILES string of the molecule is CSC(=NC1CCCc2ccccc21)Nc1ccc(C#N)cc1. The Kier molecular flexibility index (Phi) is 4.99. The van der Waals surface area contributed by atoms with Gasteiger partial charge in [0.25, 0.3) is 0 Å². The van der Waals surface area contributed by atoms with Crippen LogP contribution in [0.5, 0.6) is 0 Å². The van der Waals surface area contributed by atoms with Crippen molar-refractivity contribution >= 4 is 22.6 Å². The highest BCUT2D eigenvalue weighted by Gasteiger charge is 2.19. The van der Waals surface area contributed by atoms with Crippen molar-refractivity contribution in [1.29, 1.82) is 5.26 Å². The van der Waals surface area contributed by atoms with E-state index in [1.54, 1.807) is 11.8 Å². The van der Waals surface area contributed by atoms with Crippen LogP contribution in [0.4, 0.5) is 5.69 Å². The third kappa shape index (κ3) is 3.75. The summed E-state index contributed by atoms with van der Waals surface area (Å²) in [4.78, 5) is 4.94. The summed E-state index contributed by atoms with van der Waals surface area (Å²) in [5.74, 6) is 0. The van der Waals surface area contributed by atoms with Crippen molar-refractivity contribution in [3.63, 3.8) is 0 Å². The van der Waals surface area contributed by atoms with Gasteiger partial charge >= 0.3 is 0 Å². The predicted molar refractivity (Wildman–Crippen MR) is 97.9 cm³/mol. The number of nitrogens with zero attached hydrogens (tertiary/aromatic N) is 2. The molecule has 0 saturated heterocycles. The average Bonchev–Trinajstić information content (AvgIpc) is 2.62. The summed E-state index contributed by atoms with van der Waals surface area (Å²) in [7, 11) is 0. The fraction of sp³-hybridized carbons (Fsp3) is 0.263. The van der Waals surface area contributed by atoms with Gasteiger partial charge in [0.1, 0.15) is 0 Å². The van der Waals surface area contributed by atoms with Crippen LogP contribution >= 0.6 is 11.8 Å². The van der Waals surface area contributed by atoms with E-state index in [0.717, 1.165) is 23.7 Å². The summed E-state index contributed by atoms with van der Waals surface area (Å²) in [5, 5.41) is 13.1. The molecule has 3 nitrogen and oxygen atoms in total. The number of rotatable bonds is 2. The highest BCUT2D eigenvalue weighted by molar-refractivity contribution is 8.13. The first-order valence-electron chi connectivity index (χ1n) is 7.77. The average molecular weight is 321 g/mol. The Labute approximate surface area is 141 Å². The molecule has 0 amide bonds. The molecule has 0 aliphatic heterocycles. The molecule has 0 saturated carbocycles. The molecule has 1 aliphatic rings. The normalized spacial score (nSPS) is 17.2. The van der Waals surface area contributed by atoms with E-state index < -0.39 is 0 Å². The van der Waals surface area contributed by atoms with Crippen LogP contribution in [0.3, 0.4) is 0 Å². The van der Waals surface area contributed by atoms with E-state index in [1.807, 2.05) is 30.5 Å². The number of thioether (sulfide) groups is 1. The molecule has 116 valence electrons. The van der Waals surface area contributed by atoms with Crippen LogP contribution < -0.4 is 5.32 Å². The fourth-order valence-electron chi connectivity index (χ4n) is 2.89. The Bertz CT molecular complexity index is 744. The number of nitrogens with one attached hydrogen (secondary N) is 1. The molecule has 23 heavy (non-hydrogen) atoms. The lowest BCUT2D eigenvalue weighted by Crippen LogP contribution is -2.13. The lowest BCUT2D eigenvalue weighted by Gasteiger charge is -2.23. The molecular weight excluding hydrogens is 302 g/mol. The van der Waals surface area contributed by atoms with E-state index in [1.165, 1.54) is 17.5 Å². The molecule has 0 heterocycles. The van der Waals surface area contributed by atoms with Crippen molar-refractivity contribution in [3.05, 3.63) is 65.2 Å². The maximum Gasteiger partial charge on any atom is 0.161 e. The molecule has 0 spiro atoms. The van der Waals surface area contributed by atoms with E-state index in [2.05, 4.69) is 35.7 Å². The first-order valence-corrected chi connectivity index (χ1v) is 8.99. The summed E-state index contributed by atoms with van der Waals surface area (Å²) >= 11 is 1.62. The van der Waals surface area contributed by atoms with Gasteiger partial charge in [-0.1, -0.05) is 36.0 Å². The minimum absolute atomic E-state index is 0.230. The van der Waals surface area contributed by atoms with Crippen molar-refractivity contribution in [2.75, 3.05) is 11.6 Å². The minimum atomic E-state index is 0.230. The van der Waals surface area contributed by atoms with Crippen LogP contribution in [-0.2, 0) is 6.42 Å². The number of hydrogen-bond donors (Lipinski definition) is 1. The van der Waals surface area contributed by atoms with Gasteiger partial charge in [0.05, 0.1) is 17.7 Å². The Morgan fingerprint density at radius 2 is 2.00 bits per heavy atom. The molecule has 1 N–H and O–H groups in total. The largest absolute Gasteiger partial charge is 0.335 e. The Balaban J connectivity index is 1.80. The van der Waals surface area contributed by atoms with E-state index in [9.17, 15) is 0 Å². The lowest BCUT2D eigenvalue weighted by molar-refractivity contribution is 0.574. The minimum Gasteiger partial charge on any atom is -0.335 e. The summed E-state index contributed by atoms with van der Waals surface area (Å²) in [5.41, 5.74) is 4.40. The van der Waals surface area contributed by atoms with Crippen LogP contribution in [0.15, 0.2) is 53.5 Å². The molecule has 1 unspecified atom stereocenters. The van der Waals surface area contributed by atoms with Crippen molar-refractivity contribution in [3.8, 4) is 6.07 Å². The van der Waals surface area contributed by atoms with Gasteiger partial charge in [-0.25, -0.2) is 0 Å². The van der Waals surface area contributed by atoms with Crippen LogP contribution in [0.2, 0.25) is 0 Å². The number of aryl methyl sites for hydroxylation is 1. The van der Waals surface area contributed by atoms with Gasteiger partial charge in [-0.05, 0) is 60.9 Å². The number of anilines is 1. The number of amidine groups is 1. The third-order valence-electron chi connectivity index (χ3n) is 4.07. The van der Waals surface area contributed by atoms with Crippen LogP contribution in [0.25, 0.3) is 0 Å². The van der Waals surface area contributed by atoms with E-state index in [4.69, 9.17) is 10.3 Å². The smallest absolute Gasteiger partial charge is 0.161 e. The molecule has 4 heteroatoms. The van der Waals surface area contributed by atoms with Crippen LogP contribution in [0, 0.1) is 11.3 Å². The first kappa shape index (κ1) is 15.6. The molecule has 1 aliphatic carbocycles. The van der Waals surface area contributed by atoms with Gasteiger partial charge in [-0.15, -0.1) is 0 Å². The van der Waals surface area contributed by atoms with Crippen LogP contribution in [-0.4, -0.2) is 11.4 Å². The molecule has 0 fully saturated rings. The third-order valence-corrected chi connectivity index (χ3v) is 4.66. The Morgan fingerprint density at radius 1 is 1.22 bits per heavy atom. The maximum absolute atomic E-state index is 8.87.